The number of urea groups is 1. The number of nitrogens with one attached hydrogen (secondary N) is 1. The van der Waals surface area contributed by atoms with E-state index in [0.717, 1.165) is 5.56 Å². The molecule has 1 fully saturated rings. The van der Waals surface area contributed by atoms with Crippen LogP contribution in [0.2, 0.25) is 0 Å². The highest BCUT2D eigenvalue weighted by Gasteiger charge is 2.38. The Bertz CT molecular complexity index is 1080. The fourth-order valence-corrected chi connectivity index (χ4v) is 4.00. The van der Waals surface area contributed by atoms with Crippen LogP contribution in [0.5, 0.6) is 0 Å². The third-order valence-electron chi connectivity index (χ3n) is 5.79. The molecule has 2 aromatic rings. The van der Waals surface area contributed by atoms with E-state index in [2.05, 4.69) is 16.9 Å². The zero-order valence-corrected chi connectivity index (χ0v) is 20.2. The lowest BCUT2D eigenvalue weighted by molar-refractivity contribution is -0.150. The van der Waals surface area contributed by atoms with Gasteiger partial charge in [0.1, 0.15) is 12.5 Å². The highest BCUT2D eigenvalue weighted by Crippen LogP contribution is 2.19. The van der Waals surface area contributed by atoms with Gasteiger partial charge in [-0.3, -0.25) is 19.5 Å². The number of carbonyl (C=O) groups excluding carboxylic acids is 4. The molecule has 1 atom stereocenters. The predicted octanol–water partition coefficient (Wildman–Crippen LogP) is 0.594. The summed E-state index contributed by atoms with van der Waals surface area (Å²) in [5, 5.41) is 5.97. The van der Waals surface area contributed by atoms with Crippen molar-refractivity contribution in [2.75, 3.05) is 33.2 Å². The molecule has 0 spiro atoms. The Hall–Kier alpha value is -4.09. The largest absolute Gasteiger partial charge is 0.366 e. The normalized spacial score (nSPS) is 16.0. The number of benzene rings is 1. The number of nitrogens with zero attached hydrogens (tertiary/aromatic N) is 5. The van der Waals surface area contributed by atoms with E-state index in [-0.39, 0.29) is 44.2 Å². The summed E-state index contributed by atoms with van der Waals surface area (Å²) >= 11 is 0. The number of pyridine rings is 1. The number of nitrogens with two attached hydrogens (primary N) is 1. The van der Waals surface area contributed by atoms with Gasteiger partial charge in [-0.05, 0) is 24.2 Å². The first-order chi connectivity index (χ1) is 17.3. The summed E-state index contributed by atoms with van der Waals surface area (Å²) in [5.74, 6) is -0.754. The first-order valence-corrected chi connectivity index (χ1v) is 11.5. The number of hydrogen-bond donors (Lipinski definition) is 2. The van der Waals surface area contributed by atoms with Gasteiger partial charge in [0, 0.05) is 32.0 Å². The van der Waals surface area contributed by atoms with Crippen molar-refractivity contribution < 1.29 is 19.2 Å². The van der Waals surface area contributed by atoms with Gasteiger partial charge < -0.3 is 20.7 Å². The summed E-state index contributed by atoms with van der Waals surface area (Å²) in [6.07, 6.45) is 4.69. The summed E-state index contributed by atoms with van der Waals surface area (Å²) in [4.78, 5) is 56.7. The third-order valence-corrected chi connectivity index (χ3v) is 5.79. The van der Waals surface area contributed by atoms with Crippen molar-refractivity contribution in [2.45, 2.75) is 19.3 Å². The maximum absolute atomic E-state index is 13.5. The van der Waals surface area contributed by atoms with Gasteiger partial charge in [0.05, 0.1) is 25.2 Å². The Morgan fingerprint density at radius 1 is 1.22 bits per heavy atom. The number of likely N-dealkylation sites (N-methyl/N-ethyl adjacent to an activating group) is 1. The van der Waals surface area contributed by atoms with Crippen molar-refractivity contribution in [3.8, 4) is 0 Å². The summed E-state index contributed by atoms with van der Waals surface area (Å²) in [6.45, 7) is 4.67. The Morgan fingerprint density at radius 3 is 2.64 bits per heavy atom. The molecule has 1 saturated heterocycles. The smallest absolute Gasteiger partial charge is 0.333 e. The lowest BCUT2D eigenvalue weighted by Gasteiger charge is -2.47. The number of primary amides is 1. The van der Waals surface area contributed by atoms with Crippen LogP contribution in [0, 0.1) is 0 Å². The minimum Gasteiger partial charge on any atom is -0.366 e. The second kappa shape index (κ2) is 12.6. The average Bonchev–Trinajstić information content (AvgIpc) is 2.86. The molecule has 0 radical (unpaired) electrons. The molecule has 11 heteroatoms. The molecular weight excluding hydrogens is 462 g/mol. The SMILES string of the molecule is C=CCN(CC=O)N(C(=O)NCc1ccccc1)C1CN(Cc2cncc(C(N)=O)c2)C(=O)CN1C. The first kappa shape index (κ1) is 26.5. The molecule has 3 rings (SSSR count). The summed E-state index contributed by atoms with van der Waals surface area (Å²) in [7, 11) is 1.75. The van der Waals surface area contributed by atoms with E-state index in [0.29, 0.717) is 18.4 Å². The van der Waals surface area contributed by atoms with Crippen LogP contribution in [0.1, 0.15) is 21.5 Å². The zero-order valence-electron chi connectivity index (χ0n) is 20.2. The van der Waals surface area contributed by atoms with E-state index in [9.17, 15) is 19.2 Å². The maximum atomic E-state index is 13.5. The molecule has 4 amide bonds. The Kier molecular flexibility index (Phi) is 9.25. The van der Waals surface area contributed by atoms with E-state index >= 15 is 0 Å². The van der Waals surface area contributed by atoms with Gasteiger partial charge in [-0.25, -0.2) is 14.8 Å². The van der Waals surface area contributed by atoms with Crippen LogP contribution in [0.25, 0.3) is 0 Å². The van der Waals surface area contributed by atoms with Gasteiger partial charge in [-0.2, -0.15) is 0 Å². The third kappa shape index (κ3) is 6.74. The molecule has 0 bridgehead atoms. The summed E-state index contributed by atoms with van der Waals surface area (Å²) < 4.78 is 0. The number of aromatic nitrogens is 1. The van der Waals surface area contributed by atoms with E-state index in [1.165, 1.54) is 11.2 Å². The second-order valence-electron chi connectivity index (χ2n) is 8.43. The summed E-state index contributed by atoms with van der Waals surface area (Å²) in [6, 6.07) is 10.7. The molecule has 2 heterocycles. The van der Waals surface area contributed by atoms with E-state index < -0.39 is 18.1 Å². The van der Waals surface area contributed by atoms with E-state index in [4.69, 9.17) is 5.73 Å². The maximum Gasteiger partial charge on any atom is 0.333 e. The van der Waals surface area contributed by atoms with E-state index in [1.54, 1.807) is 40.2 Å². The molecule has 0 saturated carbocycles. The molecule has 1 aliphatic heterocycles. The first-order valence-electron chi connectivity index (χ1n) is 11.5. The van der Waals surface area contributed by atoms with Crippen LogP contribution in [0.15, 0.2) is 61.4 Å². The van der Waals surface area contributed by atoms with Crippen LogP contribution < -0.4 is 11.1 Å². The topological polar surface area (TPSA) is 132 Å². The van der Waals surface area contributed by atoms with Crippen molar-refractivity contribution in [3.05, 3.63) is 78.1 Å². The summed E-state index contributed by atoms with van der Waals surface area (Å²) in [5.41, 5.74) is 7.16. The molecule has 1 aromatic carbocycles. The minimum atomic E-state index is -0.609. The van der Waals surface area contributed by atoms with Gasteiger partial charge in [0.15, 0.2) is 0 Å². The lowest BCUT2D eigenvalue weighted by Crippen LogP contribution is -2.67. The Morgan fingerprint density at radius 2 is 1.97 bits per heavy atom. The van der Waals surface area contributed by atoms with Crippen molar-refractivity contribution in [1.29, 1.82) is 0 Å². The molecule has 0 aliphatic carbocycles. The molecule has 1 unspecified atom stereocenters. The monoisotopic (exact) mass is 493 g/mol. The van der Waals surface area contributed by atoms with E-state index in [1.807, 2.05) is 30.3 Å². The van der Waals surface area contributed by atoms with Crippen LogP contribution in [-0.2, 0) is 22.7 Å². The molecule has 1 aliphatic rings. The molecule has 3 N–H and O–H groups in total. The van der Waals surface area contributed by atoms with Crippen LogP contribution in [0.4, 0.5) is 4.79 Å². The quantitative estimate of drug-likeness (QED) is 0.266. The van der Waals surface area contributed by atoms with Crippen molar-refractivity contribution in [1.82, 2.24) is 30.1 Å². The highest BCUT2D eigenvalue weighted by molar-refractivity contribution is 5.92. The number of amides is 4. The number of rotatable bonds is 11. The molecule has 190 valence electrons. The number of aldehydes is 1. The zero-order chi connectivity index (χ0) is 26.1. The van der Waals surface area contributed by atoms with Gasteiger partial charge >= 0.3 is 6.03 Å². The minimum absolute atomic E-state index is 0.0341. The fraction of sp³-hybridized carbons (Fsp3) is 0.320. The standard InChI is InChI=1S/C25H31N7O4/c1-3-9-31(10-11-33)32(25(36)28-14-19-7-5-4-6-8-19)22-17-30(23(34)18-29(22)2)16-20-12-21(24(26)35)15-27-13-20/h3-8,11-13,15,22H,1,9-10,14,16-18H2,2H3,(H2,26,35)(H,28,36). The Labute approximate surface area is 210 Å². The average molecular weight is 494 g/mol. The second-order valence-corrected chi connectivity index (χ2v) is 8.43. The molecular formula is C25H31N7O4. The van der Waals surface area contributed by atoms with Gasteiger partial charge in [-0.15, -0.1) is 6.58 Å². The lowest BCUT2D eigenvalue weighted by atomic mass is 10.1. The fourth-order valence-electron chi connectivity index (χ4n) is 4.00. The predicted molar refractivity (Wildman–Crippen MR) is 133 cm³/mol. The molecule has 1 aromatic heterocycles. The van der Waals surface area contributed by atoms with Crippen LogP contribution in [0.3, 0.4) is 0 Å². The number of piperazine rings is 1. The van der Waals surface area contributed by atoms with Crippen molar-refractivity contribution in [2.24, 2.45) is 5.73 Å². The van der Waals surface area contributed by atoms with Gasteiger partial charge in [0.2, 0.25) is 11.8 Å². The molecule has 11 nitrogen and oxygen atoms in total. The van der Waals surface area contributed by atoms with Crippen molar-refractivity contribution >= 4 is 24.1 Å². The van der Waals surface area contributed by atoms with Crippen LogP contribution in [-0.4, -0.2) is 88.3 Å². The Balaban J connectivity index is 1.85. The van der Waals surface area contributed by atoms with Crippen LogP contribution >= 0.6 is 0 Å². The van der Waals surface area contributed by atoms with Gasteiger partial charge in [-0.1, -0.05) is 36.4 Å². The number of hydrazine groups is 1. The number of hydrogen-bond acceptors (Lipinski definition) is 7. The van der Waals surface area contributed by atoms with Gasteiger partial charge in [0.25, 0.3) is 0 Å². The highest BCUT2D eigenvalue weighted by atomic mass is 16.2. The van der Waals surface area contributed by atoms with Crippen molar-refractivity contribution in [3.63, 3.8) is 0 Å². The molecule has 36 heavy (non-hydrogen) atoms. The number of carbonyl (C=O) groups is 4.